The molecule has 0 aromatic heterocycles. The third-order valence-corrected chi connectivity index (χ3v) is 12.8. The molecule has 0 heterocycles. The Balaban J connectivity index is 3.07. The molecule has 1 aromatic rings. The molecule has 1 aromatic carbocycles. The first-order valence-electron chi connectivity index (χ1n) is 5.80. The van der Waals surface area contributed by atoms with Crippen LogP contribution in [0.5, 0.6) is 0 Å². The van der Waals surface area contributed by atoms with Gasteiger partial charge in [-0.3, -0.25) is 0 Å². The monoisotopic (exact) mass is 418 g/mol. The molecule has 1 atom stereocenters. The molecular weight excluding hydrogens is 401 g/mol. The van der Waals surface area contributed by atoms with Crippen LogP contribution in [-0.2, 0) is 9.84 Å². The molecule has 19 heavy (non-hydrogen) atoms. The Morgan fingerprint density at radius 3 is 2.11 bits per heavy atom. The lowest BCUT2D eigenvalue weighted by Crippen LogP contribution is -2.41. The Morgan fingerprint density at radius 2 is 1.68 bits per heavy atom. The maximum absolute atomic E-state index is 14.1. The van der Waals surface area contributed by atoms with Crippen LogP contribution in [0.25, 0.3) is 0 Å². The summed E-state index contributed by atoms with van der Waals surface area (Å²) in [5.74, 6) is 0. The lowest BCUT2D eigenvalue weighted by atomic mass is 10.4. The van der Waals surface area contributed by atoms with Gasteiger partial charge in [0.2, 0.25) is 9.84 Å². The van der Waals surface area contributed by atoms with Crippen molar-refractivity contribution >= 4 is 40.5 Å². The van der Waals surface area contributed by atoms with E-state index in [0.717, 1.165) is 0 Å². The van der Waals surface area contributed by atoms with Crippen LogP contribution in [0.1, 0.15) is 6.42 Å². The molecular formula is C12H17F2IO2SSi. The summed E-state index contributed by atoms with van der Waals surface area (Å²) in [6.07, 6.45) is -0.624. The van der Waals surface area contributed by atoms with Crippen LogP contribution in [0.4, 0.5) is 8.78 Å². The number of alkyl halides is 3. The second-order valence-corrected chi connectivity index (χ2v) is 15.7. The molecule has 0 aliphatic carbocycles. The number of halogens is 3. The van der Waals surface area contributed by atoms with Gasteiger partial charge in [-0.1, -0.05) is 60.4 Å². The van der Waals surface area contributed by atoms with Gasteiger partial charge in [-0.25, -0.2) is 8.42 Å². The van der Waals surface area contributed by atoms with Crippen LogP contribution >= 0.6 is 22.6 Å². The van der Waals surface area contributed by atoms with E-state index in [-0.39, 0.29) is 8.44 Å². The van der Waals surface area contributed by atoms with Gasteiger partial charge in [0.1, 0.15) is 0 Å². The minimum absolute atomic E-state index is 0.307. The van der Waals surface area contributed by atoms with Crippen LogP contribution in [0, 0.1) is 0 Å². The van der Waals surface area contributed by atoms with Crippen LogP contribution in [-0.4, -0.2) is 25.3 Å². The van der Waals surface area contributed by atoms with Crippen molar-refractivity contribution in [3.8, 4) is 0 Å². The Hall–Kier alpha value is -0.0231. The zero-order chi connectivity index (χ0) is 14.9. The second-order valence-electron chi connectivity index (χ2n) is 5.49. The molecule has 0 saturated heterocycles. The van der Waals surface area contributed by atoms with E-state index in [1.54, 1.807) is 6.07 Å². The van der Waals surface area contributed by atoms with Gasteiger partial charge in [0.25, 0.3) is 0 Å². The minimum Gasteiger partial charge on any atom is -0.217 e. The lowest BCUT2D eigenvalue weighted by Gasteiger charge is -2.27. The number of hydrogen-bond acceptors (Lipinski definition) is 2. The van der Waals surface area contributed by atoms with Gasteiger partial charge in [0.05, 0.1) is 13.0 Å². The van der Waals surface area contributed by atoms with Gasteiger partial charge in [-0.2, -0.15) is 8.78 Å². The van der Waals surface area contributed by atoms with E-state index >= 15 is 0 Å². The predicted octanol–water partition coefficient (Wildman–Crippen LogP) is 4.12. The van der Waals surface area contributed by atoms with Crippen molar-refractivity contribution in [1.29, 1.82) is 0 Å². The molecule has 0 aliphatic rings. The maximum atomic E-state index is 14.1. The highest BCUT2D eigenvalue weighted by atomic mass is 127. The van der Waals surface area contributed by atoms with Crippen molar-refractivity contribution < 1.29 is 17.2 Å². The molecule has 0 amide bonds. The SMILES string of the molecule is C[Si](C)(C)C(I)CC(F)(F)S(=O)(=O)c1ccccc1. The van der Waals surface area contributed by atoms with E-state index in [4.69, 9.17) is 0 Å². The predicted molar refractivity (Wildman–Crippen MR) is 84.3 cm³/mol. The molecule has 1 rings (SSSR count). The maximum Gasteiger partial charge on any atom is 0.350 e. The number of rotatable bonds is 5. The number of hydrogen-bond donors (Lipinski definition) is 0. The highest BCUT2D eigenvalue weighted by molar-refractivity contribution is 14.1. The van der Waals surface area contributed by atoms with E-state index < -0.39 is 29.6 Å². The van der Waals surface area contributed by atoms with Crippen molar-refractivity contribution in [3.63, 3.8) is 0 Å². The van der Waals surface area contributed by atoms with Crippen molar-refractivity contribution in [2.24, 2.45) is 0 Å². The van der Waals surface area contributed by atoms with Gasteiger partial charge < -0.3 is 0 Å². The Labute approximate surface area is 127 Å². The first kappa shape index (κ1) is 17.0. The molecule has 0 bridgehead atoms. The van der Waals surface area contributed by atoms with Crippen molar-refractivity contribution in [1.82, 2.24) is 0 Å². The third-order valence-electron chi connectivity index (χ3n) is 2.80. The average Bonchev–Trinajstić information content (AvgIpc) is 2.28. The molecule has 0 N–H and O–H groups in total. The summed E-state index contributed by atoms with van der Waals surface area (Å²) in [7, 11) is -6.42. The topological polar surface area (TPSA) is 34.1 Å². The standard InChI is InChI=1S/C12H17F2IO2SSi/c1-19(2,3)11(15)9-12(13,14)18(16,17)10-7-5-4-6-8-10/h4-8,11H,9H2,1-3H3. The van der Waals surface area contributed by atoms with E-state index in [1.807, 2.05) is 42.2 Å². The minimum atomic E-state index is -4.61. The smallest absolute Gasteiger partial charge is 0.217 e. The lowest BCUT2D eigenvalue weighted by molar-refractivity contribution is 0.0869. The van der Waals surface area contributed by atoms with Gasteiger partial charge in [0, 0.05) is 9.97 Å². The highest BCUT2D eigenvalue weighted by Gasteiger charge is 2.48. The van der Waals surface area contributed by atoms with E-state index in [1.165, 1.54) is 24.3 Å². The molecule has 0 saturated carbocycles. The van der Waals surface area contributed by atoms with Crippen molar-refractivity contribution in [3.05, 3.63) is 30.3 Å². The molecule has 108 valence electrons. The molecule has 0 spiro atoms. The normalized spacial score (nSPS) is 15.3. The second kappa shape index (κ2) is 5.77. The Kier molecular flexibility index (Phi) is 5.17. The Bertz CT molecular complexity index is 526. The third kappa shape index (κ3) is 3.97. The summed E-state index contributed by atoms with van der Waals surface area (Å²) in [6.45, 7) is 5.86. The molecule has 0 fully saturated rings. The van der Waals surface area contributed by atoms with Gasteiger partial charge in [0.15, 0.2) is 0 Å². The Morgan fingerprint density at radius 1 is 1.21 bits per heavy atom. The zero-order valence-electron chi connectivity index (χ0n) is 11.0. The van der Waals surface area contributed by atoms with E-state index in [9.17, 15) is 17.2 Å². The summed E-state index contributed by atoms with van der Waals surface area (Å²) in [6, 6.07) is 6.91. The van der Waals surface area contributed by atoms with Crippen molar-refractivity contribution in [2.75, 3.05) is 0 Å². The first-order valence-corrected chi connectivity index (χ1v) is 12.1. The first-order chi connectivity index (χ1) is 8.48. The molecule has 0 radical (unpaired) electrons. The molecule has 7 heteroatoms. The van der Waals surface area contributed by atoms with E-state index in [0.29, 0.717) is 0 Å². The van der Waals surface area contributed by atoms with Crippen LogP contribution in [0.2, 0.25) is 19.6 Å². The van der Waals surface area contributed by atoms with Crippen LogP contribution < -0.4 is 0 Å². The number of sulfone groups is 1. The quantitative estimate of drug-likeness (QED) is 0.410. The zero-order valence-corrected chi connectivity index (χ0v) is 15.0. The van der Waals surface area contributed by atoms with Gasteiger partial charge in [-0.15, -0.1) is 0 Å². The average molecular weight is 418 g/mol. The summed E-state index contributed by atoms with van der Waals surface area (Å²) in [5, 5.41) is -3.72. The summed E-state index contributed by atoms with van der Waals surface area (Å²) >= 11 is 1.95. The van der Waals surface area contributed by atoms with Gasteiger partial charge >= 0.3 is 5.25 Å². The van der Waals surface area contributed by atoms with Gasteiger partial charge in [-0.05, 0) is 12.1 Å². The summed E-state index contributed by atoms with van der Waals surface area (Å²) in [4.78, 5) is -0.320. The molecule has 2 nitrogen and oxygen atoms in total. The highest BCUT2D eigenvalue weighted by Crippen LogP contribution is 2.37. The van der Waals surface area contributed by atoms with Crippen LogP contribution in [0.15, 0.2) is 35.2 Å². The fourth-order valence-corrected chi connectivity index (χ4v) is 4.51. The fraction of sp³-hybridized carbons (Fsp3) is 0.500. The largest absolute Gasteiger partial charge is 0.350 e. The summed E-state index contributed by atoms with van der Waals surface area (Å²) < 4.78 is 51.8. The van der Waals surface area contributed by atoms with Crippen LogP contribution in [0.3, 0.4) is 0 Å². The van der Waals surface area contributed by atoms with Crippen molar-refractivity contribution in [2.45, 2.75) is 39.8 Å². The molecule has 1 unspecified atom stereocenters. The molecule has 0 aliphatic heterocycles. The summed E-state index contributed by atoms with van der Waals surface area (Å²) in [5.41, 5.74) is 0. The number of benzene rings is 1. The van der Waals surface area contributed by atoms with E-state index in [2.05, 4.69) is 0 Å². The fourth-order valence-electron chi connectivity index (χ4n) is 1.40.